The SMILES string of the molecule is COc1cc(/C=C2/C(=O)NC(=O)N(C3CCCCC3)C2=O)cc(Br)c1OCc1ccc(C)cc1. The molecular formula is C26H27BrN2O5. The third kappa shape index (κ3) is 5.17. The first-order valence-electron chi connectivity index (χ1n) is 11.3. The molecule has 1 saturated carbocycles. The lowest BCUT2D eigenvalue weighted by molar-refractivity contribution is -0.132. The van der Waals surface area contributed by atoms with Crippen LogP contribution in [0.5, 0.6) is 11.5 Å². The van der Waals surface area contributed by atoms with Crippen molar-refractivity contribution in [2.45, 2.75) is 51.7 Å². The highest BCUT2D eigenvalue weighted by atomic mass is 79.9. The average molecular weight is 527 g/mol. The number of nitrogens with one attached hydrogen (secondary N) is 1. The molecule has 1 aliphatic carbocycles. The summed E-state index contributed by atoms with van der Waals surface area (Å²) in [5.74, 6) is -0.284. The number of benzene rings is 2. The number of nitrogens with zero attached hydrogens (tertiary/aromatic N) is 1. The van der Waals surface area contributed by atoms with Crippen LogP contribution >= 0.6 is 15.9 Å². The molecule has 2 aromatic rings. The molecule has 2 aromatic carbocycles. The van der Waals surface area contributed by atoms with Gasteiger partial charge < -0.3 is 9.47 Å². The van der Waals surface area contributed by atoms with E-state index in [4.69, 9.17) is 9.47 Å². The summed E-state index contributed by atoms with van der Waals surface area (Å²) < 4.78 is 12.1. The van der Waals surface area contributed by atoms with Gasteiger partial charge in [-0.3, -0.25) is 19.8 Å². The maximum absolute atomic E-state index is 13.1. The minimum atomic E-state index is -0.697. The summed E-state index contributed by atoms with van der Waals surface area (Å²) in [7, 11) is 1.53. The molecule has 4 rings (SSSR count). The van der Waals surface area contributed by atoms with E-state index in [1.807, 2.05) is 31.2 Å². The van der Waals surface area contributed by atoms with E-state index in [9.17, 15) is 14.4 Å². The molecule has 8 heteroatoms. The first kappa shape index (κ1) is 24.0. The largest absolute Gasteiger partial charge is 0.493 e. The third-order valence-electron chi connectivity index (χ3n) is 6.14. The number of carbonyl (C=O) groups is 3. The average Bonchev–Trinajstić information content (AvgIpc) is 2.82. The molecule has 0 atom stereocenters. The normalized spacial score (nSPS) is 18.3. The van der Waals surface area contributed by atoms with Gasteiger partial charge in [-0.05, 0) is 65.0 Å². The maximum atomic E-state index is 13.1. The molecule has 0 unspecified atom stereocenters. The number of barbiturate groups is 1. The van der Waals surface area contributed by atoms with Crippen LogP contribution in [0.15, 0.2) is 46.4 Å². The molecular weight excluding hydrogens is 500 g/mol. The molecule has 1 N–H and O–H groups in total. The van der Waals surface area contributed by atoms with Crippen molar-refractivity contribution in [2.24, 2.45) is 0 Å². The Labute approximate surface area is 207 Å². The van der Waals surface area contributed by atoms with Crippen LogP contribution in [0, 0.1) is 6.92 Å². The number of hydrogen-bond donors (Lipinski definition) is 1. The van der Waals surface area contributed by atoms with E-state index in [0.29, 0.717) is 28.1 Å². The van der Waals surface area contributed by atoms with Gasteiger partial charge in [0.15, 0.2) is 11.5 Å². The van der Waals surface area contributed by atoms with E-state index < -0.39 is 17.8 Å². The Balaban J connectivity index is 1.59. The zero-order valence-electron chi connectivity index (χ0n) is 19.2. The summed E-state index contributed by atoms with van der Waals surface area (Å²) in [5.41, 5.74) is 2.68. The van der Waals surface area contributed by atoms with E-state index >= 15 is 0 Å². The molecule has 7 nitrogen and oxygen atoms in total. The number of rotatable bonds is 6. The van der Waals surface area contributed by atoms with Crippen LogP contribution in [0.1, 0.15) is 48.8 Å². The van der Waals surface area contributed by atoms with Crippen LogP contribution in [-0.4, -0.2) is 35.9 Å². The van der Waals surface area contributed by atoms with Gasteiger partial charge in [-0.15, -0.1) is 0 Å². The van der Waals surface area contributed by atoms with E-state index in [-0.39, 0.29) is 11.6 Å². The monoisotopic (exact) mass is 526 g/mol. The molecule has 1 saturated heterocycles. The summed E-state index contributed by atoms with van der Waals surface area (Å²) >= 11 is 3.52. The molecule has 0 radical (unpaired) electrons. The van der Waals surface area contributed by atoms with Gasteiger partial charge in [0.1, 0.15) is 12.2 Å². The summed E-state index contributed by atoms with van der Waals surface area (Å²) in [4.78, 5) is 39.3. The minimum Gasteiger partial charge on any atom is -0.493 e. The van der Waals surface area contributed by atoms with Crippen molar-refractivity contribution in [3.63, 3.8) is 0 Å². The first-order valence-corrected chi connectivity index (χ1v) is 12.1. The Morgan fingerprint density at radius 3 is 2.47 bits per heavy atom. The zero-order chi connectivity index (χ0) is 24.2. The molecule has 1 aliphatic heterocycles. The van der Waals surface area contributed by atoms with E-state index in [0.717, 1.165) is 37.7 Å². The fourth-order valence-electron chi connectivity index (χ4n) is 4.31. The summed E-state index contributed by atoms with van der Waals surface area (Å²) in [5, 5.41) is 2.32. The quantitative estimate of drug-likeness (QED) is 0.416. The maximum Gasteiger partial charge on any atom is 0.331 e. The highest BCUT2D eigenvalue weighted by Crippen LogP contribution is 2.38. The van der Waals surface area contributed by atoms with Crippen LogP contribution in [-0.2, 0) is 16.2 Å². The van der Waals surface area contributed by atoms with E-state index in [2.05, 4.69) is 21.2 Å². The highest BCUT2D eigenvalue weighted by Gasteiger charge is 2.40. The Morgan fingerprint density at radius 1 is 1.09 bits per heavy atom. The second kappa shape index (κ2) is 10.4. The van der Waals surface area contributed by atoms with Crippen molar-refractivity contribution in [3.05, 3.63) is 63.1 Å². The van der Waals surface area contributed by atoms with Gasteiger partial charge in [0.25, 0.3) is 11.8 Å². The molecule has 2 fully saturated rings. The van der Waals surface area contributed by atoms with Gasteiger partial charge >= 0.3 is 6.03 Å². The number of urea groups is 1. The first-order chi connectivity index (χ1) is 16.4. The van der Waals surface area contributed by atoms with Crippen molar-refractivity contribution >= 4 is 39.9 Å². The second-order valence-corrected chi connectivity index (χ2v) is 9.45. The van der Waals surface area contributed by atoms with Crippen molar-refractivity contribution in [2.75, 3.05) is 7.11 Å². The summed E-state index contributed by atoms with van der Waals surface area (Å²) in [6, 6.07) is 10.7. The zero-order valence-corrected chi connectivity index (χ0v) is 20.8. The number of halogens is 1. The predicted octanol–water partition coefficient (Wildman–Crippen LogP) is 5.14. The number of methoxy groups -OCH3 is 1. The fraction of sp³-hybridized carbons (Fsp3) is 0.346. The Hall–Kier alpha value is -3.13. The molecule has 4 amide bonds. The van der Waals surface area contributed by atoms with Crippen molar-refractivity contribution in [1.82, 2.24) is 10.2 Å². The van der Waals surface area contributed by atoms with E-state index in [1.54, 1.807) is 12.1 Å². The fourth-order valence-corrected chi connectivity index (χ4v) is 4.89. The summed E-state index contributed by atoms with van der Waals surface area (Å²) in [6.07, 6.45) is 6.01. The standard InChI is InChI=1S/C26H27BrN2O5/c1-16-8-10-17(11-9-16)15-34-23-21(27)13-18(14-22(23)33-2)12-20-24(30)28-26(32)29(25(20)31)19-6-4-3-5-7-19/h8-14,19H,3-7,15H2,1-2H3,(H,28,30,32)/b20-12-. The second-order valence-electron chi connectivity index (χ2n) is 8.59. The highest BCUT2D eigenvalue weighted by molar-refractivity contribution is 9.10. The minimum absolute atomic E-state index is 0.0764. The van der Waals surface area contributed by atoms with E-state index in [1.165, 1.54) is 23.6 Å². The van der Waals surface area contributed by atoms with Crippen LogP contribution in [0.3, 0.4) is 0 Å². The third-order valence-corrected chi connectivity index (χ3v) is 6.73. The molecule has 0 bridgehead atoms. The van der Waals surface area contributed by atoms with Crippen LogP contribution < -0.4 is 14.8 Å². The molecule has 1 heterocycles. The topological polar surface area (TPSA) is 84.9 Å². The molecule has 0 aromatic heterocycles. The van der Waals surface area contributed by atoms with Gasteiger partial charge in [0, 0.05) is 6.04 Å². The number of aryl methyl sites for hydroxylation is 1. The van der Waals surface area contributed by atoms with Crippen LogP contribution in [0.25, 0.3) is 6.08 Å². The Kier molecular flexibility index (Phi) is 7.36. The number of amides is 4. The van der Waals surface area contributed by atoms with Crippen LogP contribution in [0.4, 0.5) is 4.79 Å². The predicted molar refractivity (Wildman–Crippen MR) is 131 cm³/mol. The van der Waals surface area contributed by atoms with Gasteiger partial charge in [0.05, 0.1) is 11.6 Å². The lowest BCUT2D eigenvalue weighted by Gasteiger charge is -2.35. The van der Waals surface area contributed by atoms with Crippen molar-refractivity contribution < 1.29 is 23.9 Å². The number of ether oxygens (including phenoxy) is 2. The van der Waals surface area contributed by atoms with Gasteiger partial charge in [-0.25, -0.2) is 4.79 Å². The summed E-state index contributed by atoms with van der Waals surface area (Å²) in [6.45, 7) is 2.38. The molecule has 2 aliphatic rings. The lowest BCUT2D eigenvalue weighted by atomic mass is 9.93. The van der Waals surface area contributed by atoms with Gasteiger partial charge in [-0.2, -0.15) is 0 Å². The number of carbonyl (C=O) groups excluding carboxylic acids is 3. The van der Waals surface area contributed by atoms with Crippen molar-refractivity contribution in [3.8, 4) is 11.5 Å². The Bertz CT molecular complexity index is 1140. The molecule has 34 heavy (non-hydrogen) atoms. The number of hydrogen-bond acceptors (Lipinski definition) is 5. The smallest absolute Gasteiger partial charge is 0.331 e. The van der Waals surface area contributed by atoms with Gasteiger partial charge in [0.2, 0.25) is 0 Å². The van der Waals surface area contributed by atoms with Crippen LogP contribution in [0.2, 0.25) is 0 Å². The van der Waals surface area contributed by atoms with Crippen molar-refractivity contribution in [1.29, 1.82) is 0 Å². The molecule has 0 spiro atoms. The lowest BCUT2D eigenvalue weighted by Crippen LogP contribution is -2.58. The van der Waals surface area contributed by atoms with Gasteiger partial charge in [-0.1, -0.05) is 49.1 Å². The Morgan fingerprint density at radius 2 is 1.79 bits per heavy atom. The number of imide groups is 2. The molecule has 178 valence electrons.